The third-order valence-electron chi connectivity index (χ3n) is 16.0. The number of carbonyl (C=O) groups is 2. The van der Waals surface area contributed by atoms with Crippen molar-refractivity contribution in [2.24, 2.45) is 23.7 Å². The molecule has 4 atom stereocenters. The van der Waals surface area contributed by atoms with E-state index in [1.54, 1.807) is 0 Å². The van der Waals surface area contributed by atoms with E-state index in [-0.39, 0.29) is 17.7 Å². The molecule has 0 bridgehead atoms. The van der Waals surface area contributed by atoms with Crippen LogP contribution in [0.25, 0.3) is 22.1 Å². The molecule has 7 aromatic rings. The first-order valence-electron chi connectivity index (χ1n) is 27.3. The van der Waals surface area contributed by atoms with Gasteiger partial charge in [-0.15, -0.1) is 0 Å². The Morgan fingerprint density at radius 1 is 0.554 bits per heavy atom. The standard InChI is InChI=1S/C31H40ClN3O2.C31H34ClN3O2/c2*1-22-8-6-12-28-30(22)33-29(21-37-27-15-13-26(32)14-16-27)35(28)19-17-23(2)31(36)34-18-7-11-25(20-34)24-9-4-3-5-10-24/h6,8,12-16,23-25H,3-5,7,9-11,17-21H2,1-2H3;3-6,8-10,12-16,23,25H,7,11,17-21H2,1-2H3. The Bertz CT molecular complexity index is 2950. The van der Waals surface area contributed by atoms with Crippen LogP contribution < -0.4 is 9.47 Å². The van der Waals surface area contributed by atoms with E-state index in [9.17, 15) is 9.59 Å². The summed E-state index contributed by atoms with van der Waals surface area (Å²) in [5, 5.41) is 1.37. The Morgan fingerprint density at radius 3 is 1.54 bits per heavy atom. The predicted octanol–water partition coefficient (Wildman–Crippen LogP) is 14.4. The highest BCUT2D eigenvalue weighted by Crippen LogP contribution is 2.36. The van der Waals surface area contributed by atoms with Crippen LogP contribution in [0.5, 0.6) is 11.5 Å². The lowest BCUT2D eigenvalue weighted by molar-refractivity contribution is -0.138. The number of nitrogens with zero attached hydrogens (tertiary/aromatic N) is 6. The number of para-hydroxylation sites is 2. The normalized spacial score (nSPS) is 18.2. The predicted molar refractivity (Wildman–Crippen MR) is 299 cm³/mol. The lowest BCUT2D eigenvalue weighted by Crippen LogP contribution is -2.44. The Morgan fingerprint density at radius 2 is 1.03 bits per heavy atom. The van der Waals surface area contributed by atoms with Gasteiger partial charge in [-0.2, -0.15) is 0 Å². The molecule has 3 aliphatic rings. The fourth-order valence-electron chi connectivity index (χ4n) is 11.6. The minimum absolute atomic E-state index is 0.0163. The smallest absolute Gasteiger partial charge is 0.225 e. The first-order chi connectivity index (χ1) is 36.0. The molecule has 10 rings (SSSR count). The number of halogens is 2. The highest BCUT2D eigenvalue weighted by atomic mass is 35.5. The van der Waals surface area contributed by atoms with Crippen LogP contribution in [0.2, 0.25) is 10.0 Å². The van der Waals surface area contributed by atoms with E-state index in [1.807, 2.05) is 54.6 Å². The number of aryl methyl sites for hydroxylation is 4. The van der Waals surface area contributed by atoms with Gasteiger partial charge in [0.05, 0.1) is 22.1 Å². The van der Waals surface area contributed by atoms with Crippen molar-refractivity contribution in [2.75, 3.05) is 26.2 Å². The average molecular weight is 1040 g/mol. The second kappa shape index (κ2) is 25.1. The molecule has 2 saturated heterocycles. The summed E-state index contributed by atoms with van der Waals surface area (Å²) in [5.41, 5.74) is 7.78. The molecule has 0 N–H and O–H groups in total. The molecule has 2 aromatic heterocycles. The Labute approximate surface area is 448 Å². The first kappa shape index (κ1) is 53.0. The number of benzene rings is 5. The fourth-order valence-corrected chi connectivity index (χ4v) is 11.9. The van der Waals surface area contributed by atoms with Crippen molar-refractivity contribution in [1.82, 2.24) is 28.9 Å². The lowest BCUT2D eigenvalue weighted by atomic mass is 9.76. The van der Waals surface area contributed by atoms with Crippen LogP contribution in [-0.2, 0) is 35.9 Å². The summed E-state index contributed by atoms with van der Waals surface area (Å²) in [6.45, 7) is 14.0. The van der Waals surface area contributed by atoms with Crippen molar-refractivity contribution in [3.8, 4) is 11.5 Å². The number of likely N-dealkylation sites (tertiary alicyclic amines) is 2. The topological polar surface area (TPSA) is 94.7 Å². The van der Waals surface area contributed by atoms with Crippen molar-refractivity contribution in [2.45, 2.75) is 131 Å². The van der Waals surface area contributed by atoms with E-state index in [2.05, 4.69) is 107 Å². The molecule has 2 aliphatic heterocycles. The molecule has 0 radical (unpaired) electrons. The van der Waals surface area contributed by atoms with Crippen molar-refractivity contribution in [3.63, 3.8) is 0 Å². The fraction of sp³-hybridized carbons (Fsp3) is 0.452. The minimum atomic E-state index is -0.0678. The molecular weight excluding hydrogens is 964 g/mol. The SMILES string of the molecule is Cc1cccc2c1nc(COc1ccc(Cl)cc1)n2CCC(C)C(=O)N1CCCC(C2CCCCC2)C1.Cc1cccc2c1nc(COc1ccc(Cl)cc1)n2CCC(C)C(=O)N1CCCC(c2ccccc2)C1. The van der Waals surface area contributed by atoms with Gasteiger partial charge in [0.2, 0.25) is 11.8 Å². The number of aromatic nitrogens is 4. The van der Waals surface area contributed by atoms with Crippen molar-refractivity contribution in [1.29, 1.82) is 0 Å². The van der Waals surface area contributed by atoms with E-state index in [4.69, 9.17) is 42.6 Å². The third kappa shape index (κ3) is 13.1. The first-order valence-corrected chi connectivity index (χ1v) is 28.0. The molecule has 4 unspecified atom stereocenters. The molecule has 2 amide bonds. The number of amides is 2. The maximum atomic E-state index is 13.5. The summed E-state index contributed by atoms with van der Waals surface area (Å²) in [5.74, 6) is 5.69. The number of fused-ring (bicyclic) bond motifs is 2. The zero-order valence-corrected chi connectivity index (χ0v) is 45.4. The van der Waals surface area contributed by atoms with E-state index in [1.165, 1.54) is 44.1 Å². The molecule has 1 aliphatic carbocycles. The molecule has 3 fully saturated rings. The second-order valence-corrected chi connectivity index (χ2v) is 22.1. The number of hydrogen-bond donors (Lipinski definition) is 0. The summed E-state index contributed by atoms with van der Waals surface area (Å²) >= 11 is 12.0. The molecule has 1 saturated carbocycles. The molecule has 4 heterocycles. The van der Waals surface area contributed by atoms with Crippen LogP contribution in [0.15, 0.2) is 115 Å². The minimum Gasteiger partial charge on any atom is -0.486 e. The zero-order valence-electron chi connectivity index (χ0n) is 43.9. The quantitative estimate of drug-likeness (QED) is 0.0957. The summed E-state index contributed by atoms with van der Waals surface area (Å²) in [6.07, 6.45) is 13.0. The molecular formula is C62H74Cl2N6O4. The highest BCUT2D eigenvalue weighted by molar-refractivity contribution is 6.30. The molecule has 0 spiro atoms. The van der Waals surface area contributed by atoms with E-state index in [0.29, 0.717) is 47.5 Å². The second-order valence-electron chi connectivity index (χ2n) is 21.2. The van der Waals surface area contributed by atoms with Gasteiger partial charge in [-0.3, -0.25) is 9.59 Å². The summed E-state index contributed by atoms with van der Waals surface area (Å²) in [4.78, 5) is 41.0. The van der Waals surface area contributed by atoms with Gasteiger partial charge in [0.25, 0.3) is 0 Å². The molecule has 74 heavy (non-hydrogen) atoms. The molecule has 10 nitrogen and oxygen atoms in total. The summed E-state index contributed by atoms with van der Waals surface area (Å²) in [7, 11) is 0. The Balaban J connectivity index is 0.000000182. The van der Waals surface area contributed by atoms with Crippen LogP contribution in [0, 0.1) is 37.5 Å². The number of carbonyl (C=O) groups excluding carboxylic acids is 2. The average Bonchev–Trinajstić information content (AvgIpc) is 4.00. The van der Waals surface area contributed by atoms with E-state index >= 15 is 0 Å². The van der Waals surface area contributed by atoms with E-state index in [0.717, 1.165) is 127 Å². The van der Waals surface area contributed by atoms with Gasteiger partial charge in [-0.05, 0) is 142 Å². The van der Waals surface area contributed by atoms with Crippen molar-refractivity contribution < 1.29 is 19.1 Å². The molecule has 12 heteroatoms. The van der Waals surface area contributed by atoms with Gasteiger partial charge in [0.15, 0.2) is 0 Å². The van der Waals surface area contributed by atoms with E-state index < -0.39 is 0 Å². The number of rotatable bonds is 16. The summed E-state index contributed by atoms with van der Waals surface area (Å²) in [6, 6.07) is 37.9. The van der Waals surface area contributed by atoms with Gasteiger partial charge in [0, 0.05) is 67.1 Å². The maximum absolute atomic E-state index is 13.5. The largest absolute Gasteiger partial charge is 0.486 e. The van der Waals surface area contributed by atoms with Crippen LogP contribution >= 0.6 is 23.2 Å². The Kier molecular flexibility index (Phi) is 18.0. The number of imidazole rings is 2. The van der Waals surface area contributed by atoms with Crippen LogP contribution in [-0.4, -0.2) is 66.9 Å². The number of ether oxygens (including phenoxy) is 2. The lowest BCUT2D eigenvalue weighted by Gasteiger charge is -2.39. The van der Waals surface area contributed by atoms with Crippen LogP contribution in [0.1, 0.15) is 119 Å². The summed E-state index contributed by atoms with van der Waals surface area (Å²) < 4.78 is 16.6. The van der Waals surface area contributed by atoms with Gasteiger partial charge >= 0.3 is 0 Å². The third-order valence-corrected chi connectivity index (χ3v) is 16.5. The molecule has 390 valence electrons. The van der Waals surface area contributed by atoms with Gasteiger partial charge in [0.1, 0.15) is 36.4 Å². The zero-order chi connectivity index (χ0) is 51.6. The van der Waals surface area contributed by atoms with Crippen molar-refractivity contribution in [3.05, 3.63) is 154 Å². The number of piperidine rings is 2. The maximum Gasteiger partial charge on any atom is 0.225 e. The Hall–Kier alpha value is -5.84. The van der Waals surface area contributed by atoms with Crippen LogP contribution in [0.3, 0.4) is 0 Å². The monoisotopic (exact) mass is 1040 g/mol. The number of hydrogen-bond acceptors (Lipinski definition) is 6. The van der Waals surface area contributed by atoms with Crippen LogP contribution in [0.4, 0.5) is 0 Å². The van der Waals surface area contributed by atoms with Crippen molar-refractivity contribution >= 4 is 57.1 Å². The van der Waals surface area contributed by atoms with Gasteiger partial charge in [-0.1, -0.05) is 124 Å². The van der Waals surface area contributed by atoms with Gasteiger partial charge < -0.3 is 28.4 Å². The van der Waals surface area contributed by atoms with Gasteiger partial charge in [-0.25, -0.2) is 9.97 Å². The molecule has 5 aromatic carbocycles. The highest BCUT2D eigenvalue weighted by Gasteiger charge is 2.32.